The highest BCUT2D eigenvalue weighted by molar-refractivity contribution is 9.10. The first kappa shape index (κ1) is 13.4. The molecule has 0 spiro atoms. The zero-order valence-electron chi connectivity index (χ0n) is 9.40. The zero-order chi connectivity index (χ0) is 13.0. The molecule has 2 rings (SSSR count). The number of hydrogen-bond donors (Lipinski definition) is 1. The van der Waals surface area contributed by atoms with E-state index in [1.807, 2.05) is 48.5 Å². The summed E-state index contributed by atoms with van der Waals surface area (Å²) < 4.78 is 1.79. The van der Waals surface area contributed by atoms with E-state index in [1.165, 1.54) is 0 Å². The van der Waals surface area contributed by atoms with E-state index in [1.54, 1.807) is 0 Å². The van der Waals surface area contributed by atoms with Crippen LogP contribution in [-0.2, 0) is 0 Å². The highest BCUT2D eigenvalue weighted by atomic mass is 79.9. The molecule has 0 heterocycles. The van der Waals surface area contributed by atoms with Crippen molar-refractivity contribution >= 4 is 31.9 Å². The van der Waals surface area contributed by atoms with Crippen LogP contribution in [0, 0.1) is 11.8 Å². The Balaban J connectivity index is 2.26. The van der Waals surface area contributed by atoms with Gasteiger partial charge in [-0.3, -0.25) is 0 Å². The van der Waals surface area contributed by atoms with Gasteiger partial charge in [0.15, 0.2) is 0 Å². The molecule has 3 heteroatoms. The van der Waals surface area contributed by atoms with Crippen LogP contribution in [0.4, 0.5) is 0 Å². The Morgan fingerprint density at radius 2 is 1.50 bits per heavy atom. The molecule has 2 aromatic carbocycles. The van der Waals surface area contributed by atoms with E-state index in [9.17, 15) is 5.11 Å². The third-order valence-corrected chi connectivity index (χ3v) is 3.83. The Hall–Kier alpha value is -1.08. The minimum atomic E-state index is -0.798. The Kier molecular flexibility index (Phi) is 4.60. The van der Waals surface area contributed by atoms with E-state index in [2.05, 4.69) is 43.7 Å². The summed E-state index contributed by atoms with van der Waals surface area (Å²) in [5, 5.41) is 10.0. The molecule has 0 bridgehead atoms. The molecule has 0 radical (unpaired) electrons. The molecule has 0 unspecified atom stereocenters. The third kappa shape index (κ3) is 3.23. The molecule has 1 atom stereocenters. The minimum absolute atomic E-state index is 0.775. The largest absolute Gasteiger partial charge is 0.376 e. The smallest absolute Gasteiger partial charge is 0.141 e. The number of halogens is 2. The zero-order valence-corrected chi connectivity index (χ0v) is 12.6. The molecule has 0 saturated carbocycles. The van der Waals surface area contributed by atoms with Gasteiger partial charge in [0, 0.05) is 20.1 Å². The van der Waals surface area contributed by atoms with Crippen molar-refractivity contribution in [3.05, 3.63) is 68.6 Å². The maximum atomic E-state index is 10.0. The predicted octanol–water partition coefficient (Wildman–Crippen LogP) is 4.30. The van der Waals surface area contributed by atoms with Crippen molar-refractivity contribution < 1.29 is 5.11 Å². The highest BCUT2D eigenvalue weighted by Gasteiger charge is 2.06. The van der Waals surface area contributed by atoms with Crippen molar-refractivity contribution in [1.29, 1.82) is 0 Å². The monoisotopic (exact) mass is 364 g/mol. The summed E-state index contributed by atoms with van der Waals surface area (Å²) in [6, 6.07) is 15.2. The van der Waals surface area contributed by atoms with Gasteiger partial charge in [0.2, 0.25) is 0 Å². The van der Waals surface area contributed by atoms with Crippen molar-refractivity contribution in [2.24, 2.45) is 0 Å². The molecule has 0 fully saturated rings. The number of benzene rings is 2. The molecule has 1 N–H and O–H groups in total. The lowest BCUT2D eigenvalue weighted by Crippen LogP contribution is -1.94. The summed E-state index contributed by atoms with van der Waals surface area (Å²) >= 11 is 6.82. The average Bonchev–Trinajstić information content (AvgIpc) is 2.38. The Bertz CT molecular complexity index is 611. The van der Waals surface area contributed by atoms with E-state index in [-0.39, 0.29) is 0 Å². The first-order chi connectivity index (χ1) is 8.68. The topological polar surface area (TPSA) is 20.2 Å². The van der Waals surface area contributed by atoms with Crippen LogP contribution in [0.3, 0.4) is 0 Å². The van der Waals surface area contributed by atoms with Gasteiger partial charge in [0.05, 0.1) is 0 Å². The lowest BCUT2D eigenvalue weighted by Gasteiger charge is -2.05. The van der Waals surface area contributed by atoms with Crippen LogP contribution in [-0.4, -0.2) is 5.11 Å². The van der Waals surface area contributed by atoms with Crippen LogP contribution in [0.1, 0.15) is 17.2 Å². The van der Waals surface area contributed by atoms with Crippen LogP contribution >= 0.6 is 31.9 Å². The van der Waals surface area contributed by atoms with Gasteiger partial charge in [-0.05, 0) is 34.1 Å². The molecule has 0 saturated heterocycles. The summed E-state index contributed by atoms with van der Waals surface area (Å²) in [6.45, 7) is 0. The second-order valence-electron chi connectivity index (χ2n) is 3.67. The van der Waals surface area contributed by atoms with Gasteiger partial charge in [0.25, 0.3) is 0 Å². The van der Waals surface area contributed by atoms with E-state index >= 15 is 0 Å². The Morgan fingerprint density at radius 3 is 2.17 bits per heavy atom. The van der Waals surface area contributed by atoms with Gasteiger partial charge >= 0.3 is 0 Å². The molecule has 0 amide bonds. The predicted molar refractivity (Wildman–Crippen MR) is 80.1 cm³/mol. The number of rotatable bonds is 1. The summed E-state index contributed by atoms with van der Waals surface area (Å²) in [5.41, 5.74) is 1.64. The maximum Gasteiger partial charge on any atom is 0.141 e. The van der Waals surface area contributed by atoms with Crippen LogP contribution in [0.15, 0.2) is 57.5 Å². The molecule has 1 nitrogen and oxygen atoms in total. The maximum absolute atomic E-state index is 10.0. The summed E-state index contributed by atoms with van der Waals surface area (Å²) in [6.07, 6.45) is -0.798. The fourth-order valence-corrected chi connectivity index (χ4v) is 2.37. The summed E-state index contributed by atoms with van der Waals surface area (Å²) in [5.74, 6) is 5.81. The van der Waals surface area contributed by atoms with Crippen molar-refractivity contribution in [2.45, 2.75) is 6.10 Å². The quantitative estimate of drug-likeness (QED) is 0.747. The normalized spacial score (nSPS) is 11.5. The number of aliphatic hydroxyl groups is 1. The number of aliphatic hydroxyl groups excluding tert-OH is 1. The number of hydrogen-bond acceptors (Lipinski definition) is 1. The van der Waals surface area contributed by atoms with Crippen LogP contribution in [0.5, 0.6) is 0 Å². The van der Waals surface area contributed by atoms with E-state index < -0.39 is 6.10 Å². The molecule has 0 aliphatic heterocycles. The molecule has 2 aromatic rings. The fourth-order valence-electron chi connectivity index (χ4n) is 1.48. The van der Waals surface area contributed by atoms with E-state index in [4.69, 9.17) is 0 Å². The van der Waals surface area contributed by atoms with Gasteiger partial charge in [-0.15, -0.1) is 0 Å². The van der Waals surface area contributed by atoms with Crippen molar-refractivity contribution in [1.82, 2.24) is 0 Å². The lowest BCUT2D eigenvalue weighted by atomic mass is 10.1. The van der Waals surface area contributed by atoms with Gasteiger partial charge in [-0.25, -0.2) is 0 Å². The average molecular weight is 366 g/mol. The van der Waals surface area contributed by atoms with Gasteiger partial charge in [0.1, 0.15) is 6.10 Å². The molecule has 0 aliphatic carbocycles. The second-order valence-corrected chi connectivity index (χ2v) is 5.38. The minimum Gasteiger partial charge on any atom is -0.376 e. The van der Waals surface area contributed by atoms with E-state index in [0.29, 0.717) is 0 Å². The molecule has 0 aromatic heterocycles. The standard InChI is InChI=1S/C15H10Br2O/c16-13-7-3-1-5-11(13)9-10-15(18)12-6-2-4-8-14(12)17/h1-8,15,18H/t15-/m1/s1. The summed E-state index contributed by atoms with van der Waals surface area (Å²) in [7, 11) is 0. The van der Waals surface area contributed by atoms with E-state index in [0.717, 1.165) is 20.1 Å². The summed E-state index contributed by atoms with van der Waals surface area (Å²) in [4.78, 5) is 0. The fraction of sp³-hybridized carbons (Fsp3) is 0.0667. The molecule has 90 valence electrons. The van der Waals surface area contributed by atoms with Crippen LogP contribution < -0.4 is 0 Å². The van der Waals surface area contributed by atoms with Crippen LogP contribution in [0.2, 0.25) is 0 Å². The second kappa shape index (κ2) is 6.19. The van der Waals surface area contributed by atoms with Crippen molar-refractivity contribution in [2.75, 3.05) is 0 Å². The molecular weight excluding hydrogens is 356 g/mol. The van der Waals surface area contributed by atoms with Gasteiger partial charge in [-0.1, -0.05) is 58.1 Å². The molecular formula is C15H10Br2O. The van der Waals surface area contributed by atoms with Crippen molar-refractivity contribution in [3.8, 4) is 11.8 Å². The first-order valence-corrected chi connectivity index (χ1v) is 6.95. The van der Waals surface area contributed by atoms with Gasteiger partial charge < -0.3 is 5.11 Å². The first-order valence-electron chi connectivity index (χ1n) is 5.37. The molecule has 0 aliphatic rings. The third-order valence-electron chi connectivity index (χ3n) is 2.42. The van der Waals surface area contributed by atoms with Gasteiger partial charge in [-0.2, -0.15) is 0 Å². The van der Waals surface area contributed by atoms with Crippen LogP contribution in [0.25, 0.3) is 0 Å². The van der Waals surface area contributed by atoms with Crippen molar-refractivity contribution in [3.63, 3.8) is 0 Å². The molecule has 18 heavy (non-hydrogen) atoms. The lowest BCUT2D eigenvalue weighted by molar-refractivity contribution is 0.237. The Morgan fingerprint density at radius 1 is 0.889 bits per heavy atom. The highest BCUT2D eigenvalue weighted by Crippen LogP contribution is 2.23. The Labute approximate surface area is 123 Å². The SMILES string of the molecule is O[C@H](C#Cc1ccccc1Br)c1ccccc1Br.